The number of benzene rings is 1. The summed E-state index contributed by atoms with van der Waals surface area (Å²) in [7, 11) is 3.80. The highest BCUT2D eigenvalue weighted by Crippen LogP contribution is 2.30. The molecule has 0 spiro atoms. The molecule has 0 N–H and O–H groups in total. The van der Waals surface area contributed by atoms with Crippen LogP contribution in [0, 0.1) is 13.8 Å². The molecule has 1 aromatic carbocycles. The number of anilines is 1. The number of piperazine rings is 1. The molecule has 1 aliphatic rings. The van der Waals surface area contributed by atoms with Gasteiger partial charge in [0, 0.05) is 31.7 Å². The maximum absolute atomic E-state index is 5.48. The number of nitrogens with zero attached hydrogens (tertiary/aromatic N) is 4. The molecule has 0 saturated carbocycles. The summed E-state index contributed by atoms with van der Waals surface area (Å²) in [6.45, 7) is 7.94. The van der Waals surface area contributed by atoms with E-state index >= 15 is 0 Å². The van der Waals surface area contributed by atoms with E-state index in [1.54, 1.807) is 7.11 Å². The number of likely N-dealkylation sites (N-methyl/N-ethyl adjacent to an activating group) is 1. The van der Waals surface area contributed by atoms with E-state index in [4.69, 9.17) is 9.26 Å². The molecule has 0 atom stereocenters. The molecule has 0 radical (unpaired) electrons. The Kier molecular flexibility index (Phi) is 4.02. The lowest BCUT2D eigenvalue weighted by Crippen LogP contribution is -2.44. The monoisotopic (exact) mass is 302 g/mol. The molecule has 0 amide bonds. The maximum atomic E-state index is 5.48. The zero-order valence-corrected chi connectivity index (χ0v) is 13.6. The predicted octanol–water partition coefficient (Wildman–Crippen LogP) is 2.11. The van der Waals surface area contributed by atoms with Gasteiger partial charge in [-0.25, -0.2) is 0 Å². The fourth-order valence-corrected chi connectivity index (χ4v) is 2.74. The van der Waals surface area contributed by atoms with Gasteiger partial charge in [-0.05, 0) is 43.2 Å². The SMILES string of the molecule is COc1cc(-c2nc(N3CCN(C)CC3)no2)c(C)cc1C. The van der Waals surface area contributed by atoms with Gasteiger partial charge in [0.1, 0.15) is 5.75 Å². The van der Waals surface area contributed by atoms with Gasteiger partial charge in [-0.3, -0.25) is 0 Å². The molecule has 6 heteroatoms. The van der Waals surface area contributed by atoms with E-state index in [-0.39, 0.29) is 0 Å². The lowest BCUT2D eigenvalue weighted by Gasteiger charge is -2.31. The van der Waals surface area contributed by atoms with Crippen molar-refractivity contribution in [2.75, 3.05) is 45.2 Å². The highest BCUT2D eigenvalue weighted by Gasteiger charge is 2.20. The molecule has 0 aliphatic carbocycles. The third-order valence-electron chi connectivity index (χ3n) is 4.17. The first kappa shape index (κ1) is 14.8. The number of methoxy groups -OCH3 is 1. The number of rotatable bonds is 3. The Morgan fingerprint density at radius 3 is 2.50 bits per heavy atom. The fraction of sp³-hybridized carbons (Fsp3) is 0.500. The van der Waals surface area contributed by atoms with E-state index in [1.165, 1.54) is 0 Å². The molecule has 1 fully saturated rings. The molecule has 3 rings (SSSR count). The van der Waals surface area contributed by atoms with Crippen molar-refractivity contribution in [3.63, 3.8) is 0 Å². The first-order valence-corrected chi connectivity index (χ1v) is 7.51. The highest BCUT2D eigenvalue weighted by molar-refractivity contribution is 5.63. The van der Waals surface area contributed by atoms with Gasteiger partial charge in [-0.2, -0.15) is 4.98 Å². The minimum atomic E-state index is 0.546. The second-order valence-corrected chi connectivity index (χ2v) is 5.83. The number of aryl methyl sites for hydroxylation is 2. The Hall–Kier alpha value is -2.08. The van der Waals surface area contributed by atoms with E-state index in [9.17, 15) is 0 Å². The summed E-state index contributed by atoms with van der Waals surface area (Å²) < 4.78 is 10.9. The molecule has 2 aromatic rings. The lowest BCUT2D eigenvalue weighted by molar-refractivity contribution is 0.309. The van der Waals surface area contributed by atoms with E-state index in [0.29, 0.717) is 11.8 Å². The van der Waals surface area contributed by atoms with Crippen molar-refractivity contribution in [1.29, 1.82) is 0 Å². The number of aromatic nitrogens is 2. The van der Waals surface area contributed by atoms with Gasteiger partial charge in [0.25, 0.3) is 11.8 Å². The second-order valence-electron chi connectivity index (χ2n) is 5.83. The van der Waals surface area contributed by atoms with Crippen molar-refractivity contribution in [2.24, 2.45) is 0 Å². The zero-order valence-electron chi connectivity index (χ0n) is 13.6. The molecule has 118 valence electrons. The minimum absolute atomic E-state index is 0.546. The van der Waals surface area contributed by atoms with Gasteiger partial charge in [0.15, 0.2) is 0 Å². The van der Waals surface area contributed by atoms with Crippen molar-refractivity contribution < 1.29 is 9.26 Å². The predicted molar refractivity (Wildman–Crippen MR) is 85.5 cm³/mol. The van der Waals surface area contributed by atoms with Crippen LogP contribution in [0.25, 0.3) is 11.5 Å². The molecular formula is C16H22N4O2. The minimum Gasteiger partial charge on any atom is -0.496 e. The Balaban J connectivity index is 1.87. The third kappa shape index (κ3) is 2.78. The highest BCUT2D eigenvalue weighted by atomic mass is 16.5. The van der Waals surface area contributed by atoms with E-state index < -0.39 is 0 Å². The summed E-state index contributed by atoms with van der Waals surface area (Å²) in [6, 6.07) is 4.04. The molecule has 0 bridgehead atoms. The summed E-state index contributed by atoms with van der Waals surface area (Å²) >= 11 is 0. The summed E-state index contributed by atoms with van der Waals surface area (Å²) in [5.74, 6) is 2.05. The quantitative estimate of drug-likeness (QED) is 0.865. The van der Waals surface area contributed by atoms with Gasteiger partial charge in [0.05, 0.1) is 7.11 Å². The van der Waals surface area contributed by atoms with Crippen LogP contribution < -0.4 is 9.64 Å². The van der Waals surface area contributed by atoms with Crippen LogP contribution in [0.15, 0.2) is 16.7 Å². The number of hydrogen-bond acceptors (Lipinski definition) is 6. The third-order valence-corrected chi connectivity index (χ3v) is 4.17. The molecule has 1 aliphatic heterocycles. The van der Waals surface area contributed by atoms with E-state index in [2.05, 4.69) is 33.1 Å². The largest absolute Gasteiger partial charge is 0.496 e. The first-order valence-electron chi connectivity index (χ1n) is 7.51. The van der Waals surface area contributed by atoms with Crippen LogP contribution >= 0.6 is 0 Å². The van der Waals surface area contributed by atoms with Gasteiger partial charge >= 0.3 is 0 Å². The van der Waals surface area contributed by atoms with Crippen molar-refractivity contribution in [3.8, 4) is 17.2 Å². The van der Waals surface area contributed by atoms with Crippen LogP contribution in [0.1, 0.15) is 11.1 Å². The number of ether oxygens (including phenoxy) is 1. The average molecular weight is 302 g/mol. The van der Waals surface area contributed by atoms with Crippen LogP contribution in [0.2, 0.25) is 0 Å². The summed E-state index contributed by atoms with van der Waals surface area (Å²) in [5.41, 5.74) is 3.13. The van der Waals surface area contributed by atoms with Crippen LogP contribution in [-0.2, 0) is 0 Å². The second kappa shape index (κ2) is 5.96. The average Bonchev–Trinajstić information content (AvgIpc) is 2.98. The summed E-state index contributed by atoms with van der Waals surface area (Å²) in [4.78, 5) is 9.03. The van der Waals surface area contributed by atoms with E-state index in [1.807, 2.05) is 19.9 Å². The molecule has 22 heavy (non-hydrogen) atoms. The fourth-order valence-electron chi connectivity index (χ4n) is 2.74. The Labute approximate surface area is 130 Å². The molecule has 2 heterocycles. The molecule has 6 nitrogen and oxygen atoms in total. The van der Waals surface area contributed by atoms with Crippen molar-refractivity contribution in [3.05, 3.63) is 23.3 Å². The van der Waals surface area contributed by atoms with Crippen molar-refractivity contribution >= 4 is 5.95 Å². The van der Waals surface area contributed by atoms with Crippen molar-refractivity contribution in [2.45, 2.75) is 13.8 Å². The summed E-state index contributed by atoms with van der Waals surface area (Å²) in [6.07, 6.45) is 0. The Morgan fingerprint density at radius 2 is 1.82 bits per heavy atom. The van der Waals surface area contributed by atoms with Gasteiger partial charge in [-0.15, -0.1) is 0 Å². The number of hydrogen-bond donors (Lipinski definition) is 0. The maximum Gasteiger partial charge on any atom is 0.266 e. The Morgan fingerprint density at radius 1 is 1.09 bits per heavy atom. The van der Waals surface area contributed by atoms with Gasteiger partial charge < -0.3 is 19.1 Å². The van der Waals surface area contributed by atoms with E-state index in [0.717, 1.165) is 48.6 Å². The van der Waals surface area contributed by atoms with Crippen LogP contribution in [0.4, 0.5) is 5.95 Å². The molecule has 0 unspecified atom stereocenters. The first-order chi connectivity index (χ1) is 10.6. The summed E-state index contributed by atoms with van der Waals surface area (Å²) in [5, 5.41) is 4.14. The topological polar surface area (TPSA) is 54.6 Å². The van der Waals surface area contributed by atoms with Crippen LogP contribution in [0.5, 0.6) is 5.75 Å². The van der Waals surface area contributed by atoms with Gasteiger partial charge in [0.2, 0.25) is 0 Å². The Bertz CT molecular complexity index is 660. The van der Waals surface area contributed by atoms with Crippen LogP contribution in [0.3, 0.4) is 0 Å². The molecule has 1 aromatic heterocycles. The van der Waals surface area contributed by atoms with Gasteiger partial charge in [-0.1, -0.05) is 6.07 Å². The molecular weight excluding hydrogens is 280 g/mol. The lowest BCUT2D eigenvalue weighted by atomic mass is 10.0. The van der Waals surface area contributed by atoms with Crippen molar-refractivity contribution in [1.82, 2.24) is 15.0 Å². The van der Waals surface area contributed by atoms with Crippen LogP contribution in [-0.4, -0.2) is 55.4 Å². The zero-order chi connectivity index (χ0) is 15.7. The standard InChI is InChI=1S/C16H22N4O2/c1-11-9-12(2)14(21-4)10-13(11)15-17-16(18-22-15)20-7-5-19(3)6-8-20/h9-10H,5-8H2,1-4H3. The molecule has 1 saturated heterocycles. The smallest absolute Gasteiger partial charge is 0.266 e. The normalized spacial score (nSPS) is 16.1.